The molecule has 9 heteroatoms. The lowest BCUT2D eigenvalue weighted by atomic mass is 10.1. The van der Waals surface area contributed by atoms with Gasteiger partial charge in [-0.2, -0.15) is 0 Å². The smallest absolute Gasteiger partial charge is 0.407 e. The van der Waals surface area contributed by atoms with Crippen LogP contribution in [0.15, 0.2) is 12.2 Å². The molecule has 1 N–H and O–H groups in total. The van der Waals surface area contributed by atoms with E-state index in [0.29, 0.717) is 17.6 Å². The molecule has 0 aliphatic rings. The number of carbonyl (C=O) groups is 1. The topological polar surface area (TPSA) is 96.9 Å². The number of quaternary nitrogens is 1. The van der Waals surface area contributed by atoms with Crippen LogP contribution in [0, 0.1) is 0 Å². The van der Waals surface area contributed by atoms with Crippen molar-refractivity contribution in [2.24, 2.45) is 0 Å². The standard InChI is InChI=1S/C26H53N2O6P/c1-5-6-7-8-9-10-11-12-13-14-15-16-17-18-19-21-27-26(29)32-23-20-24-33-35(30,31)34-25-22-28(2,3)4/h12-13H,5-11,14-25H2,1-4H3,(H-,27,29,30,31). The first-order chi connectivity index (χ1) is 16.7. The van der Waals surface area contributed by atoms with Crippen LogP contribution in [0.1, 0.15) is 96.8 Å². The Balaban J connectivity index is 3.43. The highest BCUT2D eigenvalue weighted by Crippen LogP contribution is 2.38. The van der Waals surface area contributed by atoms with Crippen molar-refractivity contribution in [2.45, 2.75) is 96.8 Å². The van der Waals surface area contributed by atoms with Gasteiger partial charge in [0.15, 0.2) is 0 Å². The van der Waals surface area contributed by atoms with Gasteiger partial charge in [-0.25, -0.2) is 4.79 Å². The molecule has 0 spiro atoms. The predicted molar refractivity (Wildman–Crippen MR) is 141 cm³/mol. The Morgan fingerprint density at radius 1 is 0.800 bits per heavy atom. The summed E-state index contributed by atoms with van der Waals surface area (Å²) in [6.07, 6.45) is 20.6. The van der Waals surface area contributed by atoms with Gasteiger partial charge in [0.1, 0.15) is 13.2 Å². The largest absolute Gasteiger partial charge is 0.756 e. The summed E-state index contributed by atoms with van der Waals surface area (Å²) in [7, 11) is 1.52. The third-order valence-electron chi connectivity index (χ3n) is 5.49. The van der Waals surface area contributed by atoms with Crippen molar-refractivity contribution in [1.29, 1.82) is 0 Å². The summed E-state index contributed by atoms with van der Waals surface area (Å²) in [5, 5.41) is 2.72. The maximum atomic E-state index is 11.7. The number of likely N-dealkylation sites (N-methyl/N-ethyl adjacent to an activating group) is 1. The lowest BCUT2D eigenvalue weighted by Crippen LogP contribution is -2.37. The fourth-order valence-corrected chi connectivity index (χ4v) is 4.03. The molecule has 0 saturated heterocycles. The molecule has 0 aromatic rings. The maximum absolute atomic E-state index is 11.7. The Kier molecular flexibility index (Phi) is 21.7. The fourth-order valence-electron chi connectivity index (χ4n) is 3.30. The number of alkyl carbamates (subject to hydrolysis) is 1. The van der Waals surface area contributed by atoms with E-state index in [1.165, 1.54) is 64.2 Å². The molecule has 0 aromatic carbocycles. The minimum atomic E-state index is -4.31. The first kappa shape index (κ1) is 34.1. The van der Waals surface area contributed by atoms with Crippen LogP contribution in [0.5, 0.6) is 0 Å². The molecule has 8 nitrogen and oxygen atoms in total. The molecule has 0 saturated carbocycles. The molecule has 208 valence electrons. The third-order valence-corrected chi connectivity index (χ3v) is 6.49. The highest BCUT2D eigenvalue weighted by Gasteiger charge is 2.13. The number of phosphoric acid groups is 1. The van der Waals surface area contributed by atoms with E-state index < -0.39 is 13.9 Å². The Morgan fingerprint density at radius 3 is 1.94 bits per heavy atom. The number of carbonyl (C=O) groups excluding carboxylic acids is 1. The molecule has 0 aliphatic heterocycles. The highest BCUT2D eigenvalue weighted by molar-refractivity contribution is 7.45. The van der Waals surface area contributed by atoms with E-state index in [-0.39, 0.29) is 26.2 Å². The molecule has 0 aliphatic carbocycles. The van der Waals surface area contributed by atoms with Crippen molar-refractivity contribution in [3.8, 4) is 0 Å². The second-order valence-electron chi connectivity index (χ2n) is 10.1. The lowest BCUT2D eigenvalue weighted by Gasteiger charge is -2.27. The van der Waals surface area contributed by atoms with E-state index in [0.717, 1.165) is 19.3 Å². The van der Waals surface area contributed by atoms with Gasteiger partial charge in [0.25, 0.3) is 7.82 Å². The molecule has 0 fully saturated rings. The van der Waals surface area contributed by atoms with Crippen LogP contribution in [0.25, 0.3) is 0 Å². The summed E-state index contributed by atoms with van der Waals surface area (Å²) >= 11 is 0. The molecular formula is C26H53N2O6P. The zero-order valence-electron chi connectivity index (χ0n) is 22.9. The number of hydrogen-bond donors (Lipinski definition) is 1. The predicted octanol–water partition coefficient (Wildman–Crippen LogP) is 5.96. The number of nitrogens with one attached hydrogen (secondary N) is 1. The van der Waals surface area contributed by atoms with Crippen LogP contribution in [0.4, 0.5) is 4.79 Å². The monoisotopic (exact) mass is 520 g/mol. The van der Waals surface area contributed by atoms with E-state index in [1.807, 2.05) is 21.1 Å². The molecule has 0 bridgehead atoms. The minimum Gasteiger partial charge on any atom is -0.756 e. The average Bonchev–Trinajstić information content (AvgIpc) is 2.77. The van der Waals surface area contributed by atoms with E-state index in [9.17, 15) is 14.3 Å². The van der Waals surface area contributed by atoms with E-state index in [4.69, 9.17) is 13.8 Å². The van der Waals surface area contributed by atoms with Crippen LogP contribution in [0.2, 0.25) is 0 Å². The van der Waals surface area contributed by atoms with Gasteiger partial charge in [-0.1, -0.05) is 70.4 Å². The average molecular weight is 521 g/mol. The maximum Gasteiger partial charge on any atom is 0.407 e. The molecule has 35 heavy (non-hydrogen) atoms. The van der Waals surface area contributed by atoms with Crippen LogP contribution in [0.3, 0.4) is 0 Å². The molecule has 0 aromatic heterocycles. The third kappa shape index (κ3) is 27.5. The number of unbranched alkanes of at least 4 members (excludes halogenated alkanes) is 11. The highest BCUT2D eigenvalue weighted by atomic mass is 31.2. The summed E-state index contributed by atoms with van der Waals surface area (Å²) in [6, 6.07) is 0. The summed E-state index contributed by atoms with van der Waals surface area (Å²) < 4.78 is 26.9. The van der Waals surface area contributed by atoms with Crippen LogP contribution >= 0.6 is 7.82 Å². The second-order valence-corrected chi connectivity index (χ2v) is 11.5. The summed E-state index contributed by atoms with van der Waals surface area (Å²) in [5.41, 5.74) is 0. The summed E-state index contributed by atoms with van der Waals surface area (Å²) in [6.45, 7) is 3.48. The number of phosphoric ester groups is 1. The Labute approximate surface area is 215 Å². The van der Waals surface area contributed by atoms with Gasteiger partial charge in [0.05, 0.1) is 34.4 Å². The summed E-state index contributed by atoms with van der Waals surface area (Å²) in [4.78, 5) is 23.3. The van der Waals surface area contributed by atoms with Crippen molar-refractivity contribution in [3.05, 3.63) is 12.2 Å². The molecule has 0 heterocycles. The Bertz CT molecular complexity index is 581. The lowest BCUT2D eigenvalue weighted by molar-refractivity contribution is -0.870. The number of amides is 1. The molecule has 0 radical (unpaired) electrons. The van der Waals surface area contributed by atoms with E-state index >= 15 is 0 Å². The van der Waals surface area contributed by atoms with Crippen molar-refractivity contribution in [3.63, 3.8) is 0 Å². The Morgan fingerprint density at radius 2 is 1.34 bits per heavy atom. The first-order valence-electron chi connectivity index (χ1n) is 13.6. The minimum absolute atomic E-state index is 0.0690. The van der Waals surface area contributed by atoms with Crippen LogP contribution in [-0.4, -0.2) is 64.6 Å². The number of nitrogens with zero attached hydrogens (tertiary/aromatic N) is 1. The van der Waals surface area contributed by atoms with Crippen LogP contribution in [-0.2, 0) is 18.3 Å². The van der Waals surface area contributed by atoms with Gasteiger partial charge in [-0.15, -0.1) is 0 Å². The first-order valence-corrected chi connectivity index (χ1v) is 15.1. The van der Waals surface area contributed by atoms with Crippen molar-refractivity contribution >= 4 is 13.9 Å². The zero-order valence-corrected chi connectivity index (χ0v) is 23.8. The van der Waals surface area contributed by atoms with Gasteiger partial charge in [-0.3, -0.25) is 4.57 Å². The van der Waals surface area contributed by atoms with Gasteiger partial charge < -0.3 is 28.5 Å². The molecule has 1 amide bonds. The van der Waals surface area contributed by atoms with Gasteiger partial charge in [-0.05, 0) is 32.1 Å². The van der Waals surface area contributed by atoms with Crippen molar-refractivity contribution < 1.29 is 32.5 Å². The molecule has 1 atom stereocenters. The molecule has 1 unspecified atom stereocenters. The van der Waals surface area contributed by atoms with Crippen molar-refractivity contribution in [1.82, 2.24) is 5.32 Å². The number of ether oxygens (including phenoxy) is 1. The van der Waals surface area contributed by atoms with Gasteiger partial charge in [0.2, 0.25) is 0 Å². The van der Waals surface area contributed by atoms with E-state index in [2.05, 4.69) is 24.4 Å². The number of allylic oxidation sites excluding steroid dienone is 2. The van der Waals surface area contributed by atoms with E-state index in [1.54, 1.807) is 0 Å². The summed E-state index contributed by atoms with van der Waals surface area (Å²) in [5.74, 6) is 0. The van der Waals surface area contributed by atoms with Gasteiger partial charge >= 0.3 is 6.09 Å². The SMILES string of the molecule is CCCCCCCCC=CCCCCCCCNC(=O)OCCCOP(=O)([O-])OCC[N+](C)(C)C. The molecular weight excluding hydrogens is 467 g/mol. The molecule has 0 rings (SSSR count). The number of hydrogen-bond acceptors (Lipinski definition) is 6. The normalized spacial score (nSPS) is 13.7. The Hall–Kier alpha value is -0.920. The zero-order chi connectivity index (χ0) is 26.3. The van der Waals surface area contributed by atoms with Crippen molar-refractivity contribution in [2.75, 3.05) is 54.1 Å². The second kappa shape index (κ2) is 22.3. The van der Waals surface area contributed by atoms with Crippen LogP contribution < -0.4 is 10.2 Å². The number of rotatable bonds is 24. The quantitative estimate of drug-likeness (QED) is 0.0730. The fraction of sp³-hybridized carbons (Fsp3) is 0.885. The van der Waals surface area contributed by atoms with Gasteiger partial charge in [0, 0.05) is 13.0 Å².